The monoisotopic (exact) mass is 372 g/mol. The molecule has 1 aromatic heterocycles. The Bertz CT molecular complexity index is 811. The standard InChI is InChI=1S/C21H28N2O4/c1-12-8-14(13(2)26-12)18(24)22-9-15-16-10-23(19(25)20(3)6-7-20)11-21(16)5-4-17(15)27-21/h8,15-17H,4-7,9-11H2,1-3H3,(H,22,24)/t15-,16+,17+,21+/m0/s1. The van der Waals surface area contributed by atoms with Crippen LogP contribution in [-0.2, 0) is 9.53 Å². The molecule has 5 rings (SSSR count). The summed E-state index contributed by atoms with van der Waals surface area (Å²) in [7, 11) is 0. The lowest BCUT2D eigenvalue weighted by Crippen LogP contribution is -2.41. The molecule has 0 aromatic carbocycles. The molecule has 4 heterocycles. The second-order valence-electron chi connectivity index (χ2n) is 9.31. The van der Waals surface area contributed by atoms with Gasteiger partial charge in [0.05, 0.1) is 23.8 Å². The van der Waals surface area contributed by atoms with Crippen LogP contribution >= 0.6 is 0 Å². The van der Waals surface area contributed by atoms with Gasteiger partial charge in [-0.05, 0) is 45.6 Å². The Balaban J connectivity index is 1.28. The fourth-order valence-corrected chi connectivity index (χ4v) is 5.56. The molecule has 1 aliphatic carbocycles. The van der Waals surface area contributed by atoms with E-state index in [1.807, 2.05) is 18.7 Å². The summed E-state index contributed by atoms with van der Waals surface area (Å²) in [5, 5.41) is 3.09. The zero-order chi connectivity index (χ0) is 19.0. The molecule has 27 heavy (non-hydrogen) atoms. The fraction of sp³-hybridized carbons (Fsp3) is 0.714. The first-order valence-corrected chi connectivity index (χ1v) is 10.1. The van der Waals surface area contributed by atoms with Crippen molar-refractivity contribution in [3.8, 4) is 0 Å². The Labute approximate surface area is 159 Å². The SMILES string of the molecule is Cc1cc(C(=O)NC[C@H]2[C@H]3CN(C(=O)C4(C)CC4)C[C@]34CC[C@H]2O4)c(C)o1. The maximum atomic E-state index is 12.8. The van der Waals surface area contributed by atoms with Gasteiger partial charge in [-0.3, -0.25) is 9.59 Å². The topological polar surface area (TPSA) is 71.8 Å². The quantitative estimate of drug-likeness (QED) is 0.881. The molecule has 6 heteroatoms. The minimum absolute atomic E-state index is 0.0856. The first-order chi connectivity index (χ1) is 12.8. The summed E-state index contributed by atoms with van der Waals surface area (Å²) >= 11 is 0. The molecule has 1 aromatic rings. The number of furan rings is 1. The summed E-state index contributed by atoms with van der Waals surface area (Å²) in [5.41, 5.74) is 0.299. The number of likely N-dealkylation sites (tertiary alicyclic amines) is 1. The van der Waals surface area contributed by atoms with E-state index in [-0.39, 0.29) is 28.9 Å². The average molecular weight is 372 g/mol. The van der Waals surface area contributed by atoms with Gasteiger partial charge in [-0.2, -0.15) is 0 Å². The van der Waals surface area contributed by atoms with Crippen LogP contribution in [0.15, 0.2) is 10.5 Å². The maximum absolute atomic E-state index is 12.8. The highest BCUT2D eigenvalue weighted by molar-refractivity contribution is 5.95. The third-order valence-corrected chi connectivity index (χ3v) is 7.37. The summed E-state index contributed by atoms with van der Waals surface area (Å²) < 4.78 is 11.9. The Morgan fingerprint density at radius 2 is 2.07 bits per heavy atom. The molecule has 4 fully saturated rings. The number of hydrogen-bond donors (Lipinski definition) is 1. The second-order valence-corrected chi connectivity index (χ2v) is 9.31. The van der Waals surface area contributed by atoms with Crippen molar-refractivity contribution >= 4 is 11.8 Å². The van der Waals surface area contributed by atoms with E-state index < -0.39 is 0 Å². The number of aryl methyl sites for hydroxylation is 2. The number of carbonyl (C=O) groups excluding carboxylic acids is 2. The minimum atomic E-state index is -0.177. The molecular weight excluding hydrogens is 344 g/mol. The predicted molar refractivity (Wildman–Crippen MR) is 98.3 cm³/mol. The van der Waals surface area contributed by atoms with E-state index in [0.29, 0.717) is 29.7 Å². The molecule has 146 valence electrons. The minimum Gasteiger partial charge on any atom is -0.466 e. The molecule has 4 atom stereocenters. The van der Waals surface area contributed by atoms with Gasteiger partial charge in [-0.1, -0.05) is 6.92 Å². The molecule has 0 radical (unpaired) electrons. The molecule has 4 aliphatic rings. The average Bonchev–Trinajstić information content (AvgIpc) is 2.96. The molecule has 0 unspecified atom stereocenters. The number of fused-ring (bicyclic) bond motifs is 1. The highest BCUT2D eigenvalue weighted by atomic mass is 16.5. The van der Waals surface area contributed by atoms with Gasteiger partial charge in [0.25, 0.3) is 5.91 Å². The highest BCUT2D eigenvalue weighted by Gasteiger charge is 2.64. The molecule has 1 saturated carbocycles. The van der Waals surface area contributed by atoms with Crippen LogP contribution in [-0.4, -0.2) is 48.1 Å². The van der Waals surface area contributed by atoms with Gasteiger partial charge in [-0.25, -0.2) is 0 Å². The van der Waals surface area contributed by atoms with Crippen LogP contribution in [0.25, 0.3) is 0 Å². The van der Waals surface area contributed by atoms with Crippen LogP contribution in [0, 0.1) is 31.1 Å². The number of ether oxygens (including phenoxy) is 1. The van der Waals surface area contributed by atoms with Crippen molar-refractivity contribution in [3.05, 3.63) is 23.2 Å². The molecule has 2 amide bonds. The van der Waals surface area contributed by atoms with Crippen LogP contribution < -0.4 is 5.32 Å². The van der Waals surface area contributed by atoms with Crippen molar-refractivity contribution in [2.45, 2.75) is 58.2 Å². The third kappa shape index (κ3) is 2.56. The largest absolute Gasteiger partial charge is 0.466 e. The van der Waals surface area contributed by atoms with Crippen LogP contribution in [0.1, 0.15) is 54.5 Å². The number of nitrogens with one attached hydrogen (secondary N) is 1. The van der Waals surface area contributed by atoms with E-state index in [2.05, 4.69) is 12.2 Å². The van der Waals surface area contributed by atoms with Crippen molar-refractivity contribution in [1.82, 2.24) is 10.2 Å². The molecule has 3 aliphatic heterocycles. The molecular formula is C21H28N2O4. The normalized spacial score (nSPS) is 35.4. The number of carbonyl (C=O) groups is 2. The zero-order valence-corrected chi connectivity index (χ0v) is 16.3. The van der Waals surface area contributed by atoms with Crippen LogP contribution in [0.4, 0.5) is 0 Å². The van der Waals surface area contributed by atoms with Crippen molar-refractivity contribution in [3.63, 3.8) is 0 Å². The van der Waals surface area contributed by atoms with E-state index in [1.54, 1.807) is 6.07 Å². The molecule has 1 spiro atoms. The van der Waals surface area contributed by atoms with Gasteiger partial charge in [-0.15, -0.1) is 0 Å². The summed E-state index contributed by atoms with van der Waals surface area (Å²) in [6.45, 7) is 7.84. The number of hydrogen-bond acceptors (Lipinski definition) is 4. The fourth-order valence-electron chi connectivity index (χ4n) is 5.56. The summed E-state index contributed by atoms with van der Waals surface area (Å²) in [6.07, 6.45) is 4.28. The van der Waals surface area contributed by atoms with Gasteiger partial charge in [0.15, 0.2) is 0 Å². The summed E-state index contributed by atoms with van der Waals surface area (Å²) in [5.74, 6) is 2.22. The van der Waals surface area contributed by atoms with Crippen molar-refractivity contribution < 1.29 is 18.7 Å². The van der Waals surface area contributed by atoms with Gasteiger partial charge in [0.1, 0.15) is 11.5 Å². The van der Waals surface area contributed by atoms with E-state index in [0.717, 1.165) is 44.5 Å². The van der Waals surface area contributed by atoms with Crippen LogP contribution in [0.2, 0.25) is 0 Å². The maximum Gasteiger partial charge on any atom is 0.254 e. The van der Waals surface area contributed by atoms with Gasteiger partial charge < -0.3 is 19.4 Å². The van der Waals surface area contributed by atoms with Crippen LogP contribution in [0.5, 0.6) is 0 Å². The second kappa shape index (κ2) is 5.60. The van der Waals surface area contributed by atoms with Crippen molar-refractivity contribution in [2.24, 2.45) is 17.3 Å². The zero-order valence-electron chi connectivity index (χ0n) is 16.3. The third-order valence-electron chi connectivity index (χ3n) is 7.37. The molecule has 3 saturated heterocycles. The lowest BCUT2D eigenvalue weighted by Gasteiger charge is -2.29. The first kappa shape index (κ1) is 17.3. The Kier molecular flexibility index (Phi) is 3.58. The Morgan fingerprint density at radius 1 is 1.30 bits per heavy atom. The van der Waals surface area contributed by atoms with Crippen LogP contribution in [0.3, 0.4) is 0 Å². The van der Waals surface area contributed by atoms with E-state index in [4.69, 9.17) is 9.15 Å². The van der Waals surface area contributed by atoms with Gasteiger partial charge >= 0.3 is 0 Å². The summed E-state index contributed by atoms with van der Waals surface area (Å²) in [4.78, 5) is 27.4. The van der Waals surface area contributed by atoms with Gasteiger partial charge in [0, 0.05) is 30.3 Å². The smallest absolute Gasteiger partial charge is 0.254 e. The van der Waals surface area contributed by atoms with E-state index >= 15 is 0 Å². The summed E-state index contributed by atoms with van der Waals surface area (Å²) in [6, 6.07) is 1.79. The lowest BCUT2D eigenvalue weighted by atomic mass is 9.73. The number of amides is 2. The highest BCUT2D eigenvalue weighted by Crippen LogP contribution is 2.56. The molecule has 2 bridgehead atoms. The number of rotatable bonds is 4. The Hall–Kier alpha value is -1.82. The molecule has 6 nitrogen and oxygen atoms in total. The Morgan fingerprint density at radius 3 is 2.74 bits per heavy atom. The first-order valence-electron chi connectivity index (χ1n) is 10.1. The predicted octanol–water partition coefficient (Wildman–Crippen LogP) is 2.43. The number of nitrogens with zero attached hydrogens (tertiary/aromatic N) is 1. The van der Waals surface area contributed by atoms with Gasteiger partial charge in [0.2, 0.25) is 5.91 Å². The lowest BCUT2D eigenvalue weighted by molar-refractivity contribution is -0.136. The van der Waals surface area contributed by atoms with E-state index in [1.165, 1.54) is 0 Å². The molecule has 1 N–H and O–H groups in total. The van der Waals surface area contributed by atoms with E-state index in [9.17, 15) is 9.59 Å². The van der Waals surface area contributed by atoms with Crippen molar-refractivity contribution in [1.29, 1.82) is 0 Å². The van der Waals surface area contributed by atoms with Crippen molar-refractivity contribution in [2.75, 3.05) is 19.6 Å².